The Balaban J connectivity index is 2.18. The van der Waals surface area contributed by atoms with E-state index < -0.39 is 0 Å². The van der Waals surface area contributed by atoms with Crippen LogP contribution in [0.4, 0.5) is 4.39 Å². The van der Waals surface area contributed by atoms with Crippen molar-refractivity contribution in [3.05, 3.63) is 64.1 Å². The molecule has 0 bridgehead atoms. The molecule has 0 fully saturated rings. The van der Waals surface area contributed by atoms with Crippen molar-refractivity contribution in [2.24, 2.45) is 0 Å². The zero-order chi connectivity index (χ0) is 14.5. The van der Waals surface area contributed by atoms with Crippen LogP contribution in [0.3, 0.4) is 0 Å². The smallest absolute Gasteiger partial charge is 0.255 e. The SMILES string of the molecule is CCN(Cc1cccc(F)c1)C(=O)c1cncc(Br)c1. The fraction of sp³-hybridized carbons (Fsp3) is 0.200. The van der Waals surface area contributed by atoms with E-state index in [4.69, 9.17) is 0 Å². The molecule has 0 aliphatic heterocycles. The van der Waals surface area contributed by atoms with Gasteiger partial charge in [-0.25, -0.2) is 4.39 Å². The van der Waals surface area contributed by atoms with E-state index in [2.05, 4.69) is 20.9 Å². The van der Waals surface area contributed by atoms with Crippen molar-refractivity contribution in [3.63, 3.8) is 0 Å². The molecule has 0 unspecified atom stereocenters. The number of nitrogens with zero attached hydrogens (tertiary/aromatic N) is 2. The Kier molecular flexibility index (Phi) is 4.84. The van der Waals surface area contributed by atoms with E-state index >= 15 is 0 Å². The number of halogens is 2. The molecule has 0 N–H and O–H groups in total. The maximum Gasteiger partial charge on any atom is 0.255 e. The molecule has 1 heterocycles. The van der Waals surface area contributed by atoms with E-state index in [0.29, 0.717) is 18.7 Å². The summed E-state index contributed by atoms with van der Waals surface area (Å²) in [5.41, 5.74) is 1.28. The van der Waals surface area contributed by atoms with E-state index in [9.17, 15) is 9.18 Å². The summed E-state index contributed by atoms with van der Waals surface area (Å²) in [5, 5.41) is 0. The zero-order valence-electron chi connectivity index (χ0n) is 11.0. The molecule has 0 atom stereocenters. The van der Waals surface area contributed by atoms with E-state index in [1.165, 1.54) is 18.3 Å². The predicted octanol–water partition coefficient (Wildman–Crippen LogP) is 3.65. The lowest BCUT2D eigenvalue weighted by Gasteiger charge is -2.21. The van der Waals surface area contributed by atoms with Gasteiger partial charge in [0.25, 0.3) is 5.91 Å². The molecule has 20 heavy (non-hydrogen) atoms. The van der Waals surface area contributed by atoms with Gasteiger partial charge < -0.3 is 4.90 Å². The molecule has 2 rings (SSSR count). The summed E-state index contributed by atoms with van der Waals surface area (Å²) in [7, 11) is 0. The van der Waals surface area contributed by atoms with Gasteiger partial charge in [0.2, 0.25) is 0 Å². The second-order valence-corrected chi connectivity index (χ2v) is 5.26. The molecule has 5 heteroatoms. The lowest BCUT2D eigenvalue weighted by atomic mass is 10.2. The summed E-state index contributed by atoms with van der Waals surface area (Å²) in [6.07, 6.45) is 3.15. The van der Waals surface area contributed by atoms with Crippen molar-refractivity contribution < 1.29 is 9.18 Å². The molecule has 0 aliphatic carbocycles. The van der Waals surface area contributed by atoms with Crippen molar-refractivity contribution in [3.8, 4) is 0 Å². The van der Waals surface area contributed by atoms with Gasteiger partial charge in [-0.15, -0.1) is 0 Å². The first kappa shape index (κ1) is 14.7. The number of amides is 1. The van der Waals surface area contributed by atoms with Crippen molar-refractivity contribution in [2.45, 2.75) is 13.5 Å². The lowest BCUT2D eigenvalue weighted by molar-refractivity contribution is 0.0752. The van der Waals surface area contributed by atoms with E-state index in [1.54, 1.807) is 29.3 Å². The summed E-state index contributed by atoms with van der Waals surface area (Å²) in [6.45, 7) is 2.81. The summed E-state index contributed by atoms with van der Waals surface area (Å²) in [4.78, 5) is 18.0. The molecule has 3 nitrogen and oxygen atoms in total. The van der Waals surface area contributed by atoms with Gasteiger partial charge in [-0.05, 0) is 46.6 Å². The van der Waals surface area contributed by atoms with Crippen molar-refractivity contribution in [2.75, 3.05) is 6.54 Å². The Morgan fingerprint density at radius 1 is 1.35 bits per heavy atom. The van der Waals surface area contributed by atoms with Crippen LogP contribution in [0.2, 0.25) is 0 Å². The highest BCUT2D eigenvalue weighted by Crippen LogP contribution is 2.14. The molecule has 0 saturated heterocycles. The molecular formula is C15H14BrFN2O. The summed E-state index contributed by atoms with van der Waals surface area (Å²) in [5.74, 6) is -0.416. The summed E-state index contributed by atoms with van der Waals surface area (Å²) < 4.78 is 13.9. The third kappa shape index (κ3) is 3.63. The van der Waals surface area contributed by atoms with Crippen molar-refractivity contribution >= 4 is 21.8 Å². The minimum Gasteiger partial charge on any atom is -0.335 e. The first-order valence-electron chi connectivity index (χ1n) is 6.24. The molecule has 2 aromatic rings. The molecule has 0 spiro atoms. The molecule has 104 valence electrons. The molecule has 0 aliphatic rings. The number of benzene rings is 1. The fourth-order valence-corrected chi connectivity index (χ4v) is 2.26. The van der Waals surface area contributed by atoms with Crippen LogP contribution in [0.25, 0.3) is 0 Å². The van der Waals surface area contributed by atoms with Gasteiger partial charge in [0.1, 0.15) is 5.82 Å². The second-order valence-electron chi connectivity index (χ2n) is 4.34. The van der Waals surface area contributed by atoms with Gasteiger partial charge in [-0.3, -0.25) is 9.78 Å². The van der Waals surface area contributed by atoms with Crippen molar-refractivity contribution in [1.82, 2.24) is 9.88 Å². The van der Waals surface area contributed by atoms with Gasteiger partial charge in [0.15, 0.2) is 0 Å². The van der Waals surface area contributed by atoms with Crippen molar-refractivity contribution in [1.29, 1.82) is 0 Å². The third-order valence-electron chi connectivity index (χ3n) is 2.88. The monoisotopic (exact) mass is 336 g/mol. The number of carbonyl (C=O) groups is 1. The minimum absolute atomic E-state index is 0.120. The molecule has 1 aromatic carbocycles. The van der Waals surface area contributed by atoms with Crippen LogP contribution < -0.4 is 0 Å². The minimum atomic E-state index is -0.296. The van der Waals surface area contributed by atoms with Crippen LogP contribution in [0.1, 0.15) is 22.8 Å². The molecule has 0 radical (unpaired) electrons. The quantitative estimate of drug-likeness (QED) is 0.853. The average Bonchev–Trinajstić information content (AvgIpc) is 2.44. The molecule has 0 saturated carbocycles. The third-order valence-corrected chi connectivity index (χ3v) is 3.32. The lowest BCUT2D eigenvalue weighted by Crippen LogP contribution is -2.30. The van der Waals surface area contributed by atoms with Gasteiger partial charge in [-0.2, -0.15) is 0 Å². The maximum absolute atomic E-state index is 13.2. The molecule has 1 amide bonds. The van der Waals surface area contributed by atoms with Crippen LogP contribution in [0, 0.1) is 5.82 Å². The number of rotatable bonds is 4. The Labute approximate surface area is 125 Å². The maximum atomic E-state index is 13.2. The fourth-order valence-electron chi connectivity index (χ4n) is 1.89. The van der Waals surface area contributed by atoms with Gasteiger partial charge >= 0.3 is 0 Å². The average molecular weight is 337 g/mol. The van der Waals surface area contributed by atoms with Crippen LogP contribution in [0.5, 0.6) is 0 Å². The van der Waals surface area contributed by atoms with Gasteiger partial charge in [0, 0.05) is 30.0 Å². The standard InChI is InChI=1S/C15H14BrFN2O/c1-2-19(10-11-4-3-5-14(17)6-11)15(20)12-7-13(16)9-18-8-12/h3-9H,2,10H2,1H3. The van der Waals surface area contributed by atoms with Gasteiger partial charge in [-0.1, -0.05) is 12.1 Å². The largest absolute Gasteiger partial charge is 0.335 e. The van der Waals surface area contributed by atoms with Gasteiger partial charge in [0.05, 0.1) is 5.56 Å². The zero-order valence-corrected chi connectivity index (χ0v) is 12.6. The first-order valence-corrected chi connectivity index (χ1v) is 7.03. The Bertz CT molecular complexity index is 618. The number of hydrogen-bond donors (Lipinski definition) is 0. The van der Waals surface area contributed by atoms with E-state index in [1.807, 2.05) is 6.92 Å². The van der Waals surface area contributed by atoms with Crippen LogP contribution >= 0.6 is 15.9 Å². The highest BCUT2D eigenvalue weighted by Gasteiger charge is 2.15. The Morgan fingerprint density at radius 3 is 2.80 bits per heavy atom. The molecular weight excluding hydrogens is 323 g/mol. The second kappa shape index (κ2) is 6.61. The topological polar surface area (TPSA) is 33.2 Å². The Hall–Kier alpha value is -1.75. The highest BCUT2D eigenvalue weighted by atomic mass is 79.9. The summed E-state index contributed by atoms with van der Waals surface area (Å²) in [6, 6.07) is 8.00. The predicted molar refractivity (Wildman–Crippen MR) is 78.8 cm³/mol. The summed E-state index contributed by atoms with van der Waals surface area (Å²) >= 11 is 3.30. The van der Waals surface area contributed by atoms with E-state index in [0.717, 1.165) is 10.0 Å². The van der Waals surface area contributed by atoms with Crippen LogP contribution in [-0.4, -0.2) is 22.3 Å². The van der Waals surface area contributed by atoms with E-state index in [-0.39, 0.29) is 11.7 Å². The number of carbonyl (C=O) groups excluding carboxylic acids is 1. The number of hydrogen-bond acceptors (Lipinski definition) is 2. The number of pyridine rings is 1. The first-order chi connectivity index (χ1) is 9.60. The van der Waals surface area contributed by atoms with Crippen LogP contribution in [0.15, 0.2) is 47.2 Å². The highest BCUT2D eigenvalue weighted by molar-refractivity contribution is 9.10. The van der Waals surface area contributed by atoms with Crippen LogP contribution in [-0.2, 0) is 6.54 Å². The molecule has 1 aromatic heterocycles. The Morgan fingerprint density at radius 2 is 2.15 bits per heavy atom. The normalized spacial score (nSPS) is 10.3. The number of aromatic nitrogens is 1.